The summed E-state index contributed by atoms with van der Waals surface area (Å²) in [5, 5.41) is 0. The van der Waals surface area contributed by atoms with Gasteiger partial charge in [0.1, 0.15) is 0 Å². The van der Waals surface area contributed by atoms with Crippen LogP contribution in [0.2, 0.25) is 0 Å². The first-order valence-electron chi connectivity index (χ1n) is 6.87. The predicted molar refractivity (Wildman–Crippen MR) is 74.1 cm³/mol. The highest BCUT2D eigenvalue weighted by Gasteiger charge is 2.63. The smallest absolute Gasteiger partial charge is 0.338 e. The number of carbonyl (C=O) groups is 2. The van der Waals surface area contributed by atoms with E-state index in [2.05, 4.69) is 0 Å². The van der Waals surface area contributed by atoms with Crippen molar-refractivity contribution in [1.29, 1.82) is 0 Å². The van der Waals surface area contributed by atoms with Gasteiger partial charge in [0, 0.05) is 5.92 Å². The first kappa shape index (κ1) is 14.6. The van der Waals surface area contributed by atoms with Crippen molar-refractivity contribution in [2.75, 3.05) is 13.2 Å². The van der Waals surface area contributed by atoms with Gasteiger partial charge in [-0.2, -0.15) is 0 Å². The molecule has 1 aromatic carbocycles. The number of benzene rings is 1. The molecule has 0 saturated heterocycles. The minimum absolute atomic E-state index is 0.0363. The van der Waals surface area contributed by atoms with E-state index in [9.17, 15) is 9.59 Å². The van der Waals surface area contributed by atoms with E-state index >= 15 is 0 Å². The third-order valence-corrected chi connectivity index (χ3v) is 3.99. The lowest BCUT2D eigenvalue weighted by atomic mass is 10.1. The van der Waals surface area contributed by atoms with Crippen molar-refractivity contribution in [1.82, 2.24) is 0 Å². The van der Waals surface area contributed by atoms with E-state index in [1.165, 1.54) is 0 Å². The summed E-state index contributed by atoms with van der Waals surface area (Å²) < 4.78 is 10.3. The maximum atomic E-state index is 11.9. The highest BCUT2D eigenvalue weighted by Crippen LogP contribution is 2.58. The summed E-state index contributed by atoms with van der Waals surface area (Å²) in [6, 6.07) is 8.85. The fourth-order valence-corrected chi connectivity index (χ4v) is 2.58. The summed E-state index contributed by atoms with van der Waals surface area (Å²) in [7, 11) is 0. The normalized spacial score (nSPS) is 22.9. The highest BCUT2D eigenvalue weighted by molar-refractivity contribution is 5.89. The molecule has 0 amide bonds. The molecule has 0 radical (unpaired) electrons. The average Bonchev–Trinajstić information content (AvgIpc) is 2.99. The molecule has 0 bridgehead atoms. The number of hydrogen-bond donors (Lipinski definition) is 0. The number of carbonyl (C=O) groups excluding carboxylic acids is 2. The van der Waals surface area contributed by atoms with Crippen LogP contribution in [0.3, 0.4) is 0 Å². The second-order valence-corrected chi connectivity index (χ2v) is 5.62. The van der Waals surface area contributed by atoms with Crippen LogP contribution >= 0.6 is 0 Å². The van der Waals surface area contributed by atoms with Crippen LogP contribution in [0.1, 0.15) is 31.1 Å². The SMILES string of the molecule is CCOC(=O)[C@@H]1[C@@H](COC(=O)c2ccccc2)C1(C)C. The van der Waals surface area contributed by atoms with Crippen LogP contribution in [-0.4, -0.2) is 25.2 Å². The first-order chi connectivity index (χ1) is 9.48. The van der Waals surface area contributed by atoms with Gasteiger partial charge in [-0.25, -0.2) is 4.79 Å². The molecule has 4 heteroatoms. The summed E-state index contributed by atoms with van der Waals surface area (Å²) in [5.41, 5.74) is 0.363. The Kier molecular flexibility index (Phi) is 4.12. The lowest BCUT2D eigenvalue weighted by molar-refractivity contribution is -0.145. The van der Waals surface area contributed by atoms with Crippen LogP contribution in [0.4, 0.5) is 0 Å². The standard InChI is InChI=1S/C16H20O4/c1-4-19-15(18)13-12(16(13,2)3)10-20-14(17)11-8-6-5-7-9-11/h5-9,12-13H,4,10H2,1-3H3/t12-,13+/m1/s1. The van der Waals surface area contributed by atoms with Crippen LogP contribution < -0.4 is 0 Å². The second-order valence-electron chi connectivity index (χ2n) is 5.62. The van der Waals surface area contributed by atoms with Crippen molar-refractivity contribution in [3.63, 3.8) is 0 Å². The topological polar surface area (TPSA) is 52.6 Å². The maximum absolute atomic E-state index is 11.9. The van der Waals surface area contributed by atoms with E-state index in [0.29, 0.717) is 12.2 Å². The number of ether oxygens (including phenoxy) is 2. The Morgan fingerprint density at radius 1 is 1.15 bits per heavy atom. The molecule has 1 aromatic rings. The van der Waals surface area contributed by atoms with Gasteiger partial charge in [-0.15, -0.1) is 0 Å². The summed E-state index contributed by atoms with van der Waals surface area (Å²) in [4.78, 5) is 23.6. The molecule has 1 saturated carbocycles. The Morgan fingerprint density at radius 2 is 1.80 bits per heavy atom. The zero-order valence-electron chi connectivity index (χ0n) is 12.1. The van der Waals surface area contributed by atoms with Gasteiger partial charge in [-0.3, -0.25) is 4.79 Å². The molecule has 0 aromatic heterocycles. The van der Waals surface area contributed by atoms with Crippen LogP contribution in [-0.2, 0) is 14.3 Å². The van der Waals surface area contributed by atoms with E-state index in [0.717, 1.165) is 0 Å². The Balaban J connectivity index is 1.89. The van der Waals surface area contributed by atoms with Gasteiger partial charge in [0.05, 0.1) is 24.7 Å². The van der Waals surface area contributed by atoms with E-state index in [-0.39, 0.29) is 35.8 Å². The molecule has 1 fully saturated rings. The predicted octanol–water partition coefficient (Wildman–Crippen LogP) is 2.68. The molecule has 1 aliphatic carbocycles. The van der Waals surface area contributed by atoms with Gasteiger partial charge < -0.3 is 9.47 Å². The van der Waals surface area contributed by atoms with Crippen molar-refractivity contribution >= 4 is 11.9 Å². The molecule has 0 heterocycles. The number of esters is 2. The van der Waals surface area contributed by atoms with Crippen molar-refractivity contribution in [2.45, 2.75) is 20.8 Å². The van der Waals surface area contributed by atoms with Crippen LogP contribution in [0.25, 0.3) is 0 Å². The van der Waals surface area contributed by atoms with Gasteiger partial charge in [0.25, 0.3) is 0 Å². The van der Waals surface area contributed by atoms with Crippen LogP contribution in [0, 0.1) is 17.3 Å². The number of rotatable bonds is 5. The second kappa shape index (κ2) is 5.65. The number of hydrogen-bond acceptors (Lipinski definition) is 4. The van der Waals surface area contributed by atoms with Crippen molar-refractivity contribution in [3.05, 3.63) is 35.9 Å². The zero-order chi connectivity index (χ0) is 14.8. The van der Waals surface area contributed by atoms with Crippen molar-refractivity contribution < 1.29 is 19.1 Å². The lowest BCUT2D eigenvalue weighted by Crippen LogP contribution is -2.12. The van der Waals surface area contributed by atoms with Gasteiger partial charge >= 0.3 is 11.9 Å². The minimum Gasteiger partial charge on any atom is -0.466 e. The Morgan fingerprint density at radius 3 is 2.40 bits per heavy atom. The van der Waals surface area contributed by atoms with E-state index in [1.54, 1.807) is 31.2 Å². The largest absolute Gasteiger partial charge is 0.466 e. The molecule has 2 atom stereocenters. The van der Waals surface area contributed by atoms with E-state index in [1.807, 2.05) is 19.9 Å². The van der Waals surface area contributed by atoms with Crippen molar-refractivity contribution in [3.8, 4) is 0 Å². The van der Waals surface area contributed by atoms with Crippen LogP contribution in [0.15, 0.2) is 30.3 Å². The van der Waals surface area contributed by atoms with Gasteiger partial charge in [0.15, 0.2) is 0 Å². The molecule has 0 aliphatic heterocycles. The zero-order valence-corrected chi connectivity index (χ0v) is 12.1. The minimum atomic E-state index is -0.351. The van der Waals surface area contributed by atoms with Gasteiger partial charge in [0.2, 0.25) is 0 Å². The molecule has 2 rings (SSSR count). The van der Waals surface area contributed by atoms with Crippen LogP contribution in [0.5, 0.6) is 0 Å². The summed E-state index contributed by atoms with van der Waals surface area (Å²) in [6.07, 6.45) is 0. The van der Waals surface area contributed by atoms with E-state index < -0.39 is 0 Å². The average molecular weight is 276 g/mol. The highest BCUT2D eigenvalue weighted by atomic mass is 16.5. The molecular formula is C16H20O4. The fraction of sp³-hybridized carbons (Fsp3) is 0.500. The Hall–Kier alpha value is -1.84. The van der Waals surface area contributed by atoms with E-state index in [4.69, 9.17) is 9.47 Å². The summed E-state index contributed by atoms with van der Waals surface area (Å²) in [5.74, 6) is -0.686. The molecule has 0 spiro atoms. The van der Waals surface area contributed by atoms with Crippen molar-refractivity contribution in [2.24, 2.45) is 17.3 Å². The molecule has 108 valence electrons. The monoisotopic (exact) mass is 276 g/mol. The maximum Gasteiger partial charge on any atom is 0.338 e. The Labute approximate surface area is 119 Å². The molecule has 0 N–H and O–H groups in total. The first-order valence-corrected chi connectivity index (χ1v) is 6.87. The molecular weight excluding hydrogens is 256 g/mol. The summed E-state index contributed by atoms with van der Waals surface area (Å²) in [6.45, 7) is 6.41. The molecule has 4 nitrogen and oxygen atoms in total. The quantitative estimate of drug-likeness (QED) is 0.776. The fourth-order valence-electron chi connectivity index (χ4n) is 2.58. The third-order valence-electron chi connectivity index (χ3n) is 3.99. The molecule has 1 aliphatic rings. The summed E-state index contributed by atoms with van der Waals surface area (Å²) >= 11 is 0. The molecule has 0 unspecified atom stereocenters. The third kappa shape index (κ3) is 2.84. The van der Waals surface area contributed by atoms with Gasteiger partial charge in [-0.05, 0) is 24.5 Å². The lowest BCUT2D eigenvalue weighted by Gasteiger charge is -2.05. The molecule has 20 heavy (non-hydrogen) atoms. The van der Waals surface area contributed by atoms with Gasteiger partial charge in [-0.1, -0.05) is 32.0 Å². The Bertz CT molecular complexity index is 492.